The number of hydrazine groups is 1. The van der Waals surface area contributed by atoms with E-state index < -0.39 is 11.6 Å². The molecular weight excluding hydrogens is 296 g/mol. The number of carbonyl (C=O) groups is 2. The summed E-state index contributed by atoms with van der Waals surface area (Å²) in [7, 11) is 0. The third kappa shape index (κ3) is 3.54. The second-order valence-electron chi connectivity index (χ2n) is 4.47. The Labute approximate surface area is 123 Å². The summed E-state index contributed by atoms with van der Waals surface area (Å²) in [5.74, 6) is -1.14. The van der Waals surface area contributed by atoms with Gasteiger partial charge in [0.15, 0.2) is 0 Å². The molecule has 0 saturated heterocycles. The summed E-state index contributed by atoms with van der Waals surface area (Å²) in [5, 5.41) is 9.73. The lowest BCUT2D eigenvalue weighted by molar-refractivity contribution is -0.131. The van der Waals surface area contributed by atoms with Gasteiger partial charge in [0.1, 0.15) is 11.5 Å². The van der Waals surface area contributed by atoms with Crippen molar-refractivity contribution in [3.05, 3.63) is 28.0 Å². The monoisotopic (exact) mass is 310 g/mol. The van der Waals surface area contributed by atoms with Gasteiger partial charge in [-0.25, -0.2) is 4.79 Å². The molecule has 0 aliphatic rings. The molecule has 0 spiro atoms. The number of tetrazole rings is 1. The van der Waals surface area contributed by atoms with Crippen LogP contribution in [0.25, 0.3) is 5.00 Å². The summed E-state index contributed by atoms with van der Waals surface area (Å²) in [4.78, 5) is 34.9. The van der Waals surface area contributed by atoms with E-state index >= 15 is 0 Å². The van der Waals surface area contributed by atoms with Crippen molar-refractivity contribution in [1.29, 1.82) is 0 Å². The van der Waals surface area contributed by atoms with E-state index in [0.29, 0.717) is 5.00 Å². The quantitative estimate of drug-likeness (QED) is 0.725. The first-order chi connectivity index (χ1) is 9.99. The molecule has 0 saturated carbocycles. The Hall–Kier alpha value is -2.49. The van der Waals surface area contributed by atoms with E-state index in [9.17, 15) is 14.4 Å². The molecule has 0 atom stereocenters. The average Bonchev–Trinajstić information content (AvgIpc) is 3.07. The normalized spacial score (nSPS) is 10.6. The number of thiophene rings is 1. The van der Waals surface area contributed by atoms with Gasteiger partial charge < -0.3 is 0 Å². The van der Waals surface area contributed by atoms with E-state index in [0.717, 1.165) is 9.36 Å². The van der Waals surface area contributed by atoms with Crippen molar-refractivity contribution < 1.29 is 9.59 Å². The molecule has 112 valence electrons. The number of carbonyl (C=O) groups excluding carboxylic acids is 2. The van der Waals surface area contributed by atoms with Crippen LogP contribution in [0, 0.1) is 5.92 Å². The number of nitrogens with zero attached hydrogens (tertiary/aromatic N) is 4. The molecule has 2 amide bonds. The molecule has 0 radical (unpaired) electrons. The molecule has 10 heteroatoms. The molecule has 2 N–H and O–H groups in total. The van der Waals surface area contributed by atoms with Crippen molar-refractivity contribution in [2.45, 2.75) is 20.4 Å². The van der Waals surface area contributed by atoms with E-state index in [-0.39, 0.29) is 18.4 Å². The van der Waals surface area contributed by atoms with E-state index in [1.807, 2.05) is 0 Å². The van der Waals surface area contributed by atoms with Gasteiger partial charge in [-0.3, -0.25) is 20.4 Å². The maximum Gasteiger partial charge on any atom is 0.369 e. The fourth-order valence-corrected chi connectivity index (χ4v) is 2.02. The minimum Gasteiger partial charge on any atom is -0.273 e. The van der Waals surface area contributed by atoms with E-state index in [2.05, 4.69) is 21.3 Å². The zero-order valence-corrected chi connectivity index (χ0v) is 12.3. The summed E-state index contributed by atoms with van der Waals surface area (Å²) in [6.07, 6.45) is 0. The molecule has 0 aromatic carbocycles. The lowest BCUT2D eigenvalue weighted by Gasteiger charge is -2.08. The van der Waals surface area contributed by atoms with Gasteiger partial charge in [0.05, 0.1) is 0 Å². The highest BCUT2D eigenvalue weighted by molar-refractivity contribution is 7.12. The SMILES string of the molecule is CC(C)C(=O)NNC(=O)Cn1nnn(-c2cccs2)c1=O. The highest BCUT2D eigenvalue weighted by atomic mass is 32.1. The Morgan fingerprint density at radius 3 is 2.71 bits per heavy atom. The molecule has 0 fully saturated rings. The van der Waals surface area contributed by atoms with Gasteiger partial charge in [-0.15, -0.1) is 11.3 Å². The van der Waals surface area contributed by atoms with Gasteiger partial charge in [0.25, 0.3) is 5.91 Å². The summed E-state index contributed by atoms with van der Waals surface area (Å²) >= 11 is 1.33. The molecule has 0 aliphatic carbocycles. The molecule has 2 aromatic rings. The summed E-state index contributed by atoms with van der Waals surface area (Å²) in [6, 6.07) is 3.49. The van der Waals surface area contributed by atoms with Crippen molar-refractivity contribution >= 4 is 23.2 Å². The second-order valence-corrected chi connectivity index (χ2v) is 5.40. The third-order valence-corrected chi connectivity index (χ3v) is 3.34. The Kier molecular flexibility index (Phi) is 4.48. The summed E-state index contributed by atoms with van der Waals surface area (Å²) in [6.45, 7) is 3.06. The zero-order chi connectivity index (χ0) is 15.4. The van der Waals surface area contributed by atoms with Crippen LogP contribution in [0.3, 0.4) is 0 Å². The molecule has 2 heterocycles. The van der Waals surface area contributed by atoms with Crippen LogP contribution in [0.5, 0.6) is 0 Å². The molecule has 21 heavy (non-hydrogen) atoms. The largest absolute Gasteiger partial charge is 0.369 e. The highest BCUT2D eigenvalue weighted by Gasteiger charge is 2.13. The Balaban J connectivity index is 1.99. The highest BCUT2D eigenvalue weighted by Crippen LogP contribution is 2.10. The maximum atomic E-state index is 12.0. The summed E-state index contributed by atoms with van der Waals surface area (Å²) in [5.41, 5.74) is 3.93. The number of amides is 2. The van der Waals surface area contributed by atoms with Crippen molar-refractivity contribution in [2.75, 3.05) is 0 Å². The van der Waals surface area contributed by atoms with Crippen LogP contribution in [0.4, 0.5) is 0 Å². The number of hydrogen-bond acceptors (Lipinski definition) is 6. The van der Waals surface area contributed by atoms with E-state index in [4.69, 9.17) is 0 Å². The minimum absolute atomic E-state index is 0.257. The molecular formula is C11H14N6O3S. The molecule has 0 aliphatic heterocycles. The Morgan fingerprint density at radius 2 is 2.10 bits per heavy atom. The topological polar surface area (TPSA) is 111 Å². The van der Waals surface area contributed by atoms with Crippen molar-refractivity contribution in [1.82, 2.24) is 30.6 Å². The fourth-order valence-electron chi connectivity index (χ4n) is 1.35. The molecule has 0 bridgehead atoms. The van der Waals surface area contributed by atoms with Crippen molar-refractivity contribution in [2.24, 2.45) is 5.92 Å². The molecule has 2 rings (SSSR count). The number of nitrogens with one attached hydrogen (secondary N) is 2. The first-order valence-electron chi connectivity index (χ1n) is 6.14. The predicted molar refractivity (Wildman–Crippen MR) is 74.6 cm³/mol. The standard InChI is InChI=1S/C11H14N6O3S/c1-7(2)10(19)13-12-8(18)6-16-11(20)17(15-14-16)9-4-3-5-21-9/h3-5,7H,6H2,1-2H3,(H,12,18)(H,13,19). The number of aromatic nitrogens is 4. The molecule has 9 nitrogen and oxygen atoms in total. The first-order valence-corrected chi connectivity index (χ1v) is 7.02. The van der Waals surface area contributed by atoms with E-state index in [1.54, 1.807) is 31.4 Å². The van der Waals surface area contributed by atoms with Crippen LogP contribution in [0.1, 0.15) is 13.8 Å². The zero-order valence-electron chi connectivity index (χ0n) is 11.4. The lowest BCUT2D eigenvalue weighted by Crippen LogP contribution is -2.45. The van der Waals surface area contributed by atoms with Crippen molar-refractivity contribution in [3.8, 4) is 5.00 Å². The van der Waals surface area contributed by atoms with Gasteiger partial charge in [-0.2, -0.15) is 9.36 Å². The van der Waals surface area contributed by atoms with Gasteiger partial charge in [-0.1, -0.05) is 13.8 Å². The first kappa shape index (κ1) is 14.9. The van der Waals surface area contributed by atoms with Gasteiger partial charge in [-0.05, 0) is 27.9 Å². The van der Waals surface area contributed by atoms with E-state index in [1.165, 1.54) is 11.3 Å². The van der Waals surface area contributed by atoms with Gasteiger partial charge in [0.2, 0.25) is 5.91 Å². The van der Waals surface area contributed by atoms with Crippen LogP contribution in [0.2, 0.25) is 0 Å². The Bertz CT molecular complexity index is 687. The third-order valence-electron chi connectivity index (χ3n) is 2.50. The molecule has 0 unspecified atom stereocenters. The minimum atomic E-state index is -0.565. The fraction of sp³-hybridized carbons (Fsp3) is 0.364. The van der Waals surface area contributed by atoms with Crippen LogP contribution in [-0.4, -0.2) is 31.6 Å². The van der Waals surface area contributed by atoms with Crippen LogP contribution < -0.4 is 16.5 Å². The second kappa shape index (κ2) is 6.31. The van der Waals surface area contributed by atoms with Crippen LogP contribution in [-0.2, 0) is 16.1 Å². The number of hydrogen-bond donors (Lipinski definition) is 2. The maximum absolute atomic E-state index is 12.0. The molecule has 2 aromatic heterocycles. The van der Waals surface area contributed by atoms with Crippen LogP contribution >= 0.6 is 11.3 Å². The van der Waals surface area contributed by atoms with Crippen molar-refractivity contribution in [3.63, 3.8) is 0 Å². The predicted octanol–water partition coefficient (Wildman–Crippen LogP) is -0.706. The van der Waals surface area contributed by atoms with Gasteiger partial charge in [0, 0.05) is 5.92 Å². The number of rotatable bonds is 4. The summed E-state index contributed by atoms with van der Waals surface area (Å²) < 4.78 is 2.02. The smallest absolute Gasteiger partial charge is 0.273 e. The van der Waals surface area contributed by atoms with Crippen LogP contribution in [0.15, 0.2) is 22.3 Å². The lowest BCUT2D eigenvalue weighted by atomic mass is 10.2. The average molecular weight is 310 g/mol. The Morgan fingerprint density at radius 1 is 1.33 bits per heavy atom. The van der Waals surface area contributed by atoms with Gasteiger partial charge >= 0.3 is 5.69 Å².